The molecule has 0 saturated carbocycles. The van der Waals surface area contributed by atoms with Crippen LogP contribution < -0.4 is 20.7 Å². The number of rotatable bonds is 8. The maximum absolute atomic E-state index is 13.3. The second kappa shape index (κ2) is 10.6. The van der Waals surface area contributed by atoms with Gasteiger partial charge in [0.15, 0.2) is 0 Å². The van der Waals surface area contributed by atoms with E-state index in [0.717, 1.165) is 36.8 Å². The normalized spacial score (nSPS) is 13.6. The van der Waals surface area contributed by atoms with Crippen molar-refractivity contribution in [1.29, 1.82) is 0 Å². The van der Waals surface area contributed by atoms with Crippen molar-refractivity contribution < 1.29 is 14.3 Å². The summed E-state index contributed by atoms with van der Waals surface area (Å²) in [5, 5.41) is 9.85. The molecule has 1 aliphatic rings. The van der Waals surface area contributed by atoms with E-state index in [1.54, 1.807) is 13.2 Å². The Bertz CT molecular complexity index is 1130. The van der Waals surface area contributed by atoms with Crippen LogP contribution in [0.25, 0.3) is 0 Å². The monoisotopic (exact) mass is 463 g/mol. The number of thiophene rings is 1. The SMILES string of the molecule is COc1ccccc1NC(=O)c1c(NC(=O)CN[C@@H](C)c2ccccc2)sc2c1CCCC2. The van der Waals surface area contributed by atoms with Gasteiger partial charge in [-0.1, -0.05) is 42.5 Å². The Kier molecular flexibility index (Phi) is 7.42. The highest BCUT2D eigenvalue weighted by atomic mass is 32.1. The number of nitrogens with one attached hydrogen (secondary N) is 3. The molecule has 4 rings (SSSR count). The highest BCUT2D eigenvalue weighted by Crippen LogP contribution is 2.39. The molecule has 172 valence electrons. The topological polar surface area (TPSA) is 79.5 Å². The average Bonchev–Trinajstić information content (AvgIpc) is 3.21. The number of hydrogen-bond acceptors (Lipinski definition) is 5. The van der Waals surface area contributed by atoms with Crippen molar-refractivity contribution in [3.8, 4) is 5.75 Å². The number of amides is 2. The zero-order valence-electron chi connectivity index (χ0n) is 18.9. The van der Waals surface area contributed by atoms with Gasteiger partial charge in [-0.25, -0.2) is 0 Å². The van der Waals surface area contributed by atoms with Crippen LogP contribution >= 0.6 is 11.3 Å². The molecule has 0 aliphatic heterocycles. The van der Waals surface area contributed by atoms with Crippen LogP contribution in [0.2, 0.25) is 0 Å². The van der Waals surface area contributed by atoms with Crippen molar-refractivity contribution >= 4 is 33.8 Å². The molecule has 6 nitrogen and oxygen atoms in total. The van der Waals surface area contributed by atoms with E-state index in [-0.39, 0.29) is 24.4 Å². The summed E-state index contributed by atoms with van der Waals surface area (Å²) in [6.45, 7) is 2.19. The predicted octanol–water partition coefficient (Wildman–Crippen LogP) is 5.18. The first-order chi connectivity index (χ1) is 16.1. The van der Waals surface area contributed by atoms with Gasteiger partial charge < -0.3 is 20.7 Å². The first kappa shape index (κ1) is 23.0. The summed E-state index contributed by atoms with van der Waals surface area (Å²) in [7, 11) is 1.58. The molecule has 1 atom stereocenters. The lowest BCUT2D eigenvalue weighted by molar-refractivity contribution is -0.115. The molecule has 2 aromatic carbocycles. The van der Waals surface area contributed by atoms with Crippen LogP contribution in [0.5, 0.6) is 5.75 Å². The van der Waals surface area contributed by atoms with Gasteiger partial charge in [0, 0.05) is 10.9 Å². The second-order valence-electron chi connectivity index (χ2n) is 8.13. The van der Waals surface area contributed by atoms with Crippen molar-refractivity contribution in [3.63, 3.8) is 0 Å². The van der Waals surface area contributed by atoms with Crippen molar-refractivity contribution in [3.05, 3.63) is 76.2 Å². The molecule has 0 spiro atoms. The van der Waals surface area contributed by atoms with Crippen molar-refractivity contribution in [2.75, 3.05) is 24.3 Å². The van der Waals surface area contributed by atoms with Gasteiger partial charge in [0.2, 0.25) is 5.91 Å². The highest BCUT2D eigenvalue weighted by Gasteiger charge is 2.27. The van der Waals surface area contributed by atoms with E-state index in [4.69, 9.17) is 4.74 Å². The second-order valence-corrected chi connectivity index (χ2v) is 9.24. The molecule has 1 aromatic heterocycles. The van der Waals surface area contributed by atoms with E-state index in [2.05, 4.69) is 16.0 Å². The Morgan fingerprint density at radius 2 is 1.73 bits per heavy atom. The van der Waals surface area contributed by atoms with Gasteiger partial charge in [0.05, 0.1) is 24.9 Å². The third-order valence-electron chi connectivity index (χ3n) is 5.87. The summed E-state index contributed by atoms with van der Waals surface area (Å²) < 4.78 is 5.37. The molecule has 0 unspecified atom stereocenters. The molecule has 0 radical (unpaired) electrons. The van der Waals surface area contributed by atoms with Crippen molar-refractivity contribution in [2.45, 2.75) is 38.6 Å². The quantitative estimate of drug-likeness (QED) is 0.430. The Morgan fingerprint density at radius 3 is 2.52 bits per heavy atom. The summed E-state index contributed by atoms with van der Waals surface area (Å²) in [5.74, 6) is 0.210. The van der Waals surface area contributed by atoms with Crippen LogP contribution in [0.4, 0.5) is 10.7 Å². The van der Waals surface area contributed by atoms with Crippen LogP contribution in [-0.4, -0.2) is 25.5 Å². The third-order valence-corrected chi connectivity index (χ3v) is 7.08. The Hall–Kier alpha value is -3.16. The molecule has 0 bridgehead atoms. The van der Waals surface area contributed by atoms with Gasteiger partial charge in [-0.2, -0.15) is 0 Å². The molecule has 1 heterocycles. The van der Waals surface area contributed by atoms with Crippen molar-refractivity contribution in [2.24, 2.45) is 0 Å². The van der Waals surface area contributed by atoms with Gasteiger partial charge in [0.25, 0.3) is 5.91 Å². The van der Waals surface area contributed by atoms with Gasteiger partial charge in [-0.3, -0.25) is 9.59 Å². The number of carbonyl (C=O) groups excluding carboxylic acids is 2. The number of para-hydroxylation sites is 2. The zero-order valence-corrected chi connectivity index (χ0v) is 19.8. The third kappa shape index (κ3) is 5.43. The zero-order chi connectivity index (χ0) is 23.2. The summed E-state index contributed by atoms with van der Waals surface area (Å²) in [6, 6.07) is 17.4. The van der Waals surface area contributed by atoms with Gasteiger partial charge >= 0.3 is 0 Å². The molecular formula is C26H29N3O3S. The number of hydrogen-bond donors (Lipinski definition) is 3. The maximum atomic E-state index is 13.3. The summed E-state index contributed by atoms with van der Waals surface area (Å²) >= 11 is 1.52. The van der Waals surface area contributed by atoms with Crippen LogP contribution in [0, 0.1) is 0 Å². The molecule has 7 heteroatoms. The van der Waals surface area contributed by atoms with E-state index < -0.39 is 0 Å². The highest BCUT2D eigenvalue weighted by molar-refractivity contribution is 7.17. The predicted molar refractivity (Wildman–Crippen MR) is 133 cm³/mol. The van der Waals surface area contributed by atoms with Crippen LogP contribution in [0.15, 0.2) is 54.6 Å². The fourth-order valence-electron chi connectivity index (χ4n) is 4.10. The molecule has 33 heavy (non-hydrogen) atoms. The van der Waals surface area contributed by atoms with Gasteiger partial charge in [-0.05, 0) is 55.9 Å². The largest absolute Gasteiger partial charge is 0.495 e. The minimum atomic E-state index is -0.222. The number of methoxy groups -OCH3 is 1. The molecule has 2 amide bonds. The van der Waals surface area contributed by atoms with E-state index in [1.165, 1.54) is 16.2 Å². The standard InChI is InChI=1S/C26H29N3O3S/c1-17(18-10-4-3-5-11-18)27-16-23(30)29-26-24(19-12-6-9-15-22(19)33-26)25(31)28-20-13-7-8-14-21(20)32-2/h3-5,7-8,10-11,13-14,17,27H,6,9,12,15-16H2,1-2H3,(H,28,31)(H,29,30)/t17-/m0/s1. The number of carbonyl (C=O) groups is 2. The number of fused-ring (bicyclic) bond motifs is 1. The maximum Gasteiger partial charge on any atom is 0.259 e. The minimum absolute atomic E-state index is 0.0433. The number of aryl methyl sites for hydroxylation is 1. The lowest BCUT2D eigenvalue weighted by Gasteiger charge is -2.15. The lowest BCUT2D eigenvalue weighted by atomic mass is 9.95. The Balaban J connectivity index is 1.50. The average molecular weight is 464 g/mol. The first-order valence-electron chi connectivity index (χ1n) is 11.2. The van der Waals surface area contributed by atoms with Crippen LogP contribution in [0.3, 0.4) is 0 Å². The minimum Gasteiger partial charge on any atom is -0.495 e. The van der Waals surface area contributed by atoms with Gasteiger partial charge in [-0.15, -0.1) is 11.3 Å². The summed E-state index contributed by atoms with van der Waals surface area (Å²) in [4.78, 5) is 27.3. The summed E-state index contributed by atoms with van der Waals surface area (Å²) in [5.41, 5.74) is 3.36. The van der Waals surface area contributed by atoms with E-state index >= 15 is 0 Å². The molecule has 0 saturated heterocycles. The molecule has 3 N–H and O–H groups in total. The van der Waals surface area contributed by atoms with Crippen molar-refractivity contribution in [1.82, 2.24) is 5.32 Å². The summed E-state index contributed by atoms with van der Waals surface area (Å²) in [6.07, 6.45) is 3.93. The molecule has 1 aliphatic carbocycles. The lowest BCUT2D eigenvalue weighted by Crippen LogP contribution is -2.30. The number of anilines is 2. The van der Waals surface area contributed by atoms with E-state index in [9.17, 15) is 9.59 Å². The number of ether oxygens (including phenoxy) is 1. The van der Waals surface area contributed by atoms with Crippen LogP contribution in [0.1, 0.15) is 52.2 Å². The Labute approximate surface area is 198 Å². The fraction of sp³-hybridized carbons (Fsp3) is 0.308. The number of benzene rings is 2. The van der Waals surface area contributed by atoms with E-state index in [0.29, 0.717) is 22.0 Å². The smallest absolute Gasteiger partial charge is 0.259 e. The van der Waals surface area contributed by atoms with E-state index in [1.807, 2.05) is 55.5 Å². The fourth-order valence-corrected chi connectivity index (χ4v) is 5.41. The molecule has 0 fully saturated rings. The molecular weight excluding hydrogens is 434 g/mol. The van der Waals surface area contributed by atoms with Crippen LogP contribution in [-0.2, 0) is 17.6 Å². The first-order valence-corrected chi connectivity index (χ1v) is 12.1. The Morgan fingerprint density at radius 1 is 1.00 bits per heavy atom. The van der Waals surface area contributed by atoms with Gasteiger partial charge in [0.1, 0.15) is 10.8 Å². The molecule has 3 aromatic rings.